The molecule has 0 spiro atoms. The van der Waals surface area contributed by atoms with E-state index in [1.54, 1.807) is 6.33 Å². The fourth-order valence-electron chi connectivity index (χ4n) is 2.77. The molecule has 0 amide bonds. The number of anilines is 2. The Morgan fingerprint density at radius 1 is 1.30 bits per heavy atom. The Bertz CT molecular complexity index is 663. The van der Waals surface area contributed by atoms with E-state index in [-0.39, 0.29) is 0 Å². The van der Waals surface area contributed by atoms with Crippen LogP contribution in [-0.2, 0) is 6.54 Å². The zero-order valence-corrected chi connectivity index (χ0v) is 15.0. The lowest BCUT2D eigenvalue weighted by Gasteiger charge is -2.18. The van der Waals surface area contributed by atoms with Crippen molar-refractivity contribution in [2.45, 2.75) is 19.0 Å². The normalized spacial score (nSPS) is 18.1. The van der Waals surface area contributed by atoms with Gasteiger partial charge in [-0.2, -0.15) is 0 Å². The molecule has 122 valence electrons. The zero-order chi connectivity index (χ0) is 16.2. The molecule has 2 aromatic rings. The van der Waals surface area contributed by atoms with Crippen molar-refractivity contribution >= 4 is 27.6 Å². The van der Waals surface area contributed by atoms with E-state index in [0.717, 1.165) is 42.2 Å². The van der Waals surface area contributed by atoms with E-state index in [1.807, 2.05) is 37.5 Å². The monoisotopic (exact) mass is 376 g/mol. The van der Waals surface area contributed by atoms with Crippen LogP contribution in [0.4, 0.5) is 11.6 Å². The molecule has 0 bridgehead atoms. The van der Waals surface area contributed by atoms with Gasteiger partial charge in [-0.3, -0.25) is 9.88 Å². The molecular weight excluding hydrogens is 356 g/mol. The molecule has 1 atom stereocenters. The van der Waals surface area contributed by atoms with Crippen LogP contribution in [0.25, 0.3) is 0 Å². The first-order valence-electron chi connectivity index (χ1n) is 7.68. The highest BCUT2D eigenvalue weighted by atomic mass is 79.9. The number of nitrogens with one attached hydrogen (secondary N) is 1. The van der Waals surface area contributed by atoms with Gasteiger partial charge in [0.15, 0.2) is 0 Å². The highest BCUT2D eigenvalue weighted by Crippen LogP contribution is 2.19. The van der Waals surface area contributed by atoms with Crippen LogP contribution in [-0.4, -0.2) is 53.1 Å². The Morgan fingerprint density at radius 3 is 2.96 bits per heavy atom. The number of rotatable bonds is 5. The quantitative estimate of drug-likeness (QED) is 0.864. The predicted molar refractivity (Wildman–Crippen MR) is 95.6 cm³/mol. The van der Waals surface area contributed by atoms with Gasteiger partial charge in [0.2, 0.25) is 0 Å². The van der Waals surface area contributed by atoms with Crippen LogP contribution in [0.2, 0.25) is 0 Å². The van der Waals surface area contributed by atoms with Gasteiger partial charge in [-0.15, -0.1) is 0 Å². The summed E-state index contributed by atoms with van der Waals surface area (Å²) in [5, 5.41) is 3.52. The van der Waals surface area contributed by atoms with Gasteiger partial charge in [0.25, 0.3) is 0 Å². The SMILES string of the molecule is CN(C)c1cc(NC2CCN(Cc3cncc(Br)c3)C2)ncn1. The molecule has 1 aliphatic heterocycles. The van der Waals surface area contributed by atoms with Crippen molar-refractivity contribution in [2.75, 3.05) is 37.4 Å². The van der Waals surface area contributed by atoms with Gasteiger partial charge in [-0.1, -0.05) is 0 Å². The molecular formula is C16H21BrN6. The molecule has 0 aromatic carbocycles. The van der Waals surface area contributed by atoms with E-state index in [2.05, 4.69) is 47.2 Å². The third-order valence-electron chi connectivity index (χ3n) is 3.90. The van der Waals surface area contributed by atoms with Crippen molar-refractivity contribution in [1.29, 1.82) is 0 Å². The Kier molecular flexibility index (Phi) is 5.07. The first-order chi connectivity index (χ1) is 11.1. The van der Waals surface area contributed by atoms with Gasteiger partial charge >= 0.3 is 0 Å². The minimum absolute atomic E-state index is 0.417. The van der Waals surface area contributed by atoms with Crippen LogP contribution in [0.5, 0.6) is 0 Å². The second kappa shape index (κ2) is 7.23. The van der Waals surface area contributed by atoms with E-state index in [9.17, 15) is 0 Å². The Morgan fingerprint density at radius 2 is 2.17 bits per heavy atom. The van der Waals surface area contributed by atoms with E-state index in [1.165, 1.54) is 5.56 Å². The average molecular weight is 377 g/mol. The summed E-state index contributed by atoms with van der Waals surface area (Å²) in [6.45, 7) is 3.01. The summed E-state index contributed by atoms with van der Waals surface area (Å²) in [4.78, 5) is 17.2. The molecule has 1 saturated heterocycles. The van der Waals surface area contributed by atoms with Gasteiger partial charge < -0.3 is 10.2 Å². The summed E-state index contributed by atoms with van der Waals surface area (Å²) in [7, 11) is 3.96. The van der Waals surface area contributed by atoms with Gasteiger partial charge in [0, 0.05) is 62.7 Å². The number of hydrogen-bond acceptors (Lipinski definition) is 6. The molecule has 2 aromatic heterocycles. The van der Waals surface area contributed by atoms with Crippen molar-refractivity contribution in [3.8, 4) is 0 Å². The highest BCUT2D eigenvalue weighted by molar-refractivity contribution is 9.10. The molecule has 1 aliphatic rings. The molecule has 0 radical (unpaired) electrons. The lowest BCUT2D eigenvalue weighted by Crippen LogP contribution is -2.26. The van der Waals surface area contributed by atoms with Crippen molar-refractivity contribution in [1.82, 2.24) is 19.9 Å². The Balaban J connectivity index is 1.56. The Labute approximate surface area is 145 Å². The summed E-state index contributed by atoms with van der Waals surface area (Å²) in [6, 6.07) is 4.53. The molecule has 3 rings (SSSR count). The van der Waals surface area contributed by atoms with E-state index in [4.69, 9.17) is 0 Å². The minimum Gasteiger partial charge on any atom is -0.366 e. The van der Waals surface area contributed by atoms with Crippen LogP contribution in [0, 0.1) is 0 Å². The topological polar surface area (TPSA) is 57.2 Å². The molecule has 6 nitrogen and oxygen atoms in total. The second-order valence-corrected chi connectivity index (χ2v) is 6.95. The predicted octanol–water partition coefficient (Wildman–Crippen LogP) is 2.39. The molecule has 7 heteroatoms. The summed E-state index contributed by atoms with van der Waals surface area (Å²) >= 11 is 3.47. The fourth-order valence-corrected chi connectivity index (χ4v) is 3.19. The van der Waals surface area contributed by atoms with Crippen LogP contribution < -0.4 is 10.2 Å². The van der Waals surface area contributed by atoms with Crippen LogP contribution in [0.15, 0.2) is 35.3 Å². The van der Waals surface area contributed by atoms with Crippen LogP contribution >= 0.6 is 15.9 Å². The van der Waals surface area contributed by atoms with E-state index >= 15 is 0 Å². The molecule has 0 aliphatic carbocycles. The number of likely N-dealkylation sites (tertiary alicyclic amines) is 1. The van der Waals surface area contributed by atoms with Gasteiger partial charge in [-0.25, -0.2) is 9.97 Å². The van der Waals surface area contributed by atoms with E-state index < -0.39 is 0 Å². The fraction of sp³-hybridized carbons (Fsp3) is 0.438. The minimum atomic E-state index is 0.417. The van der Waals surface area contributed by atoms with Crippen molar-refractivity contribution < 1.29 is 0 Å². The number of nitrogens with zero attached hydrogens (tertiary/aromatic N) is 5. The van der Waals surface area contributed by atoms with E-state index in [0.29, 0.717) is 6.04 Å². The molecule has 3 heterocycles. The molecule has 23 heavy (non-hydrogen) atoms. The largest absolute Gasteiger partial charge is 0.366 e. The van der Waals surface area contributed by atoms with Crippen molar-refractivity contribution in [3.05, 3.63) is 40.9 Å². The summed E-state index contributed by atoms with van der Waals surface area (Å²) in [5.41, 5.74) is 1.23. The number of hydrogen-bond donors (Lipinski definition) is 1. The Hall–Kier alpha value is -1.73. The maximum absolute atomic E-state index is 4.32. The first-order valence-corrected chi connectivity index (χ1v) is 8.47. The zero-order valence-electron chi connectivity index (χ0n) is 13.4. The number of pyridine rings is 1. The average Bonchev–Trinajstić information content (AvgIpc) is 2.94. The van der Waals surface area contributed by atoms with Gasteiger partial charge in [-0.05, 0) is 34.0 Å². The maximum Gasteiger partial charge on any atom is 0.133 e. The molecule has 0 saturated carbocycles. The van der Waals surface area contributed by atoms with Crippen molar-refractivity contribution in [2.24, 2.45) is 0 Å². The third kappa shape index (κ3) is 4.39. The lowest BCUT2D eigenvalue weighted by molar-refractivity contribution is 0.328. The van der Waals surface area contributed by atoms with Crippen LogP contribution in [0.3, 0.4) is 0 Å². The number of halogens is 1. The van der Waals surface area contributed by atoms with Gasteiger partial charge in [0.1, 0.15) is 18.0 Å². The second-order valence-electron chi connectivity index (χ2n) is 6.03. The molecule has 1 fully saturated rings. The van der Waals surface area contributed by atoms with Crippen LogP contribution in [0.1, 0.15) is 12.0 Å². The standard InChI is InChI=1S/C16H21BrN6/c1-22(2)16-6-15(19-11-20-16)21-14-3-4-23(10-14)9-12-5-13(17)8-18-7-12/h5-8,11,14H,3-4,9-10H2,1-2H3,(H,19,20,21). The molecule has 1 N–H and O–H groups in total. The first kappa shape index (κ1) is 16.1. The highest BCUT2D eigenvalue weighted by Gasteiger charge is 2.22. The number of aromatic nitrogens is 3. The summed E-state index contributed by atoms with van der Waals surface area (Å²) < 4.78 is 1.03. The maximum atomic E-state index is 4.32. The summed E-state index contributed by atoms with van der Waals surface area (Å²) in [5.74, 6) is 1.80. The molecule has 1 unspecified atom stereocenters. The van der Waals surface area contributed by atoms with Crippen molar-refractivity contribution in [3.63, 3.8) is 0 Å². The third-order valence-corrected chi connectivity index (χ3v) is 4.34. The lowest BCUT2D eigenvalue weighted by atomic mass is 10.2. The summed E-state index contributed by atoms with van der Waals surface area (Å²) in [6.07, 6.45) is 6.47. The smallest absolute Gasteiger partial charge is 0.133 e. The van der Waals surface area contributed by atoms with Gasteiger partial charge in [0.05, 0.1) is 0 Å².